The molecule has 1 amide bonds. The Bertz CT molecular complexity index is 749. The van der Waals surface area contributed by atoms with Crippen molar-refractivity contribution in [2.24, 2.45) is 0 Å². The maximum atomic E-state index is 12.4. The van der Waals surface area contributed by atoms with Gasteiger partial charge in [0.2, 0.25) is 5.95 Å². The van der Waals surface area contributed by atoms with Gasteiger partial charge in [-0.25, -0.2) is 9.97 Å². The Balaban J connectivity index is 1.74. The van der Waals surface area contributed by atoms with E-state index in [2.05, 4.69) is 20.6 Å². The van der Waals surface area contributed by atoms with Crippen molar-refractivity contribution in [2.45, 2.75) is 52.0 Å². The number of benzene rings is 1. The van der Waals surface area contributed by atoms with Crippen LogP contribution in [0.3, 0.4) is 0 Å². The number of carbonyl (C=O) groups is 1. The van der Waals surface area contributed by atoms with Gasteiger partial charge in [-0.2, -0.15) is 0 Å². The highest BCUT2D eigenvalue weighted by molar-refractivity contribution is 6.33. The van der Waals surface area contributed by atoms with Crippen LogP contribution in [0.1, 0.15) is 53.7 Å². The number of anilines is 2. The summed E-state index contributed by atoms with van der Waals surface area (Å²) in [5.41, 5.74) is 3.22. The molecule has 0 bridgehead atoms. The van der Waals surface area contributed by atoms with Gasteiger partial charge in [-0.15, -0.1) is 0 Å². The van der Waals surface area contributed by atoms with Crippen LogP contribution in [0.4, 0.5) is 11.6 Å². The second-order valence-electron chi connectivity index (χ2n) is 6.64. The number of nitrogens with zero attached hydrogens (tertiary/aromatic N) is 2. The highest BCUT2D eigenvalue weighted by Crippen LogP contribution is 2.29. The first-order chi connectivity index (χ1) is 12.0. The zero-order valence-corrected chi connectivity index (χ0v) is 15.4. The number of nitrogens with one attached hydrogen (secondary N) is 2. The first-order valence-electron chi connectivity index (χ1n) is 8.70. The van der Waals surface area contributed by atoms with Crippen molar-refractivity contribution in [1.82, 2.24) is 15.3 Å². The van der Waals surface area contributed by atoms with Crippen LogP contribution in [-0.2, 0) is 0 Å². The van der Waals surface area contributed by atoms with Gasteiger partial charge in [0.15, 0.2) is 0 Å². The number of rotatable bonds is 4. The fourth-order valence-corrected chi connectivity index (χ4v) is 3.61. The van der Waals surface area contributed by atoms with E-state index in [0.29, 0.717) is 16.7 Å². The van der Waals surface area contributed by atoms with Gasteiger partial charge in [0, 0.05) is 12.2 Å². The summed E-state index contributed by atoms with van der Waals surface area (Å²) < 4.78 is 0. The summed E-state index contributed by atoms with van der Waals surface area (Å²) in [5, 5.41) is 6.82. The Morgan fingerprint density at radius 1 is 1.20 bits per heavy atom. The van der Waals surface area contributed by atoms with Crippen LogP contribution in [0.2, 0.25) is 5.02 Å². The molecule has 2 aromatic rings. The van der Waals surface area contributed by atoms with Gasteiger partial charge < -0.3 is 10.6 Å². The second-order valence-corrected chi connectivity index (χ2v) is 7.04. The van der Waals surface area contributed by atoms with E-state index in [1.165, 1.54) is 19.3 Å². The van der Waals surface area contributed by atoms with Gasteiger partial charge in [0.25, 0.3) is 5.91 Å². The Morgan fingerprint density at radius 3 is 2.68 bits per heavy atom. The van der Waals surface area contributed by atoms with Crippen molar-refractivity contribution in [3.8, 4) is 0 Å². The maximum absolute atomic E-state index is 12.4. The molecule has 0 unspecified atom stereocenters. The molecule has 1 aromatic heterocycles. The largest absolute Gasteiger partial charge is 0.348 e. The summed E-state index contributed by atoms with van der Waals surface area (Å²) >= 11 is 6.32. The second kappa shape index (κ2) is 7.83. The molecule has 0 atom stereocenters. The van der Waals surface area contributed by atoms with Crippen LogP contribution in [0.5, 0.6) is 0 Å². The van der Waals surface area contributed by atoms with Gasteiger partial charge >= 0.3 is 0 Å². The topological polar surface area (TPSA) is 66.9 Å². The fourth-order valence-electron chi connectivity index (χ4n) is 3.24. The monoisotopic (exact) mass is 358 g/mol. The predicted octanol–water partition coefficient (Wildman–Crippen LogP) is 4.55. The van der Waals surface area contributed by atoms with Crippen molar-refractivity contribution < 1.29 is 4.79 Å². The summed E-state index contributed by atoms with van der Waals surface area (Å²) in [6, 6.07) is 5.80. The molecular weight excluding hydrogens is 336 g/mol. The average Bonchev–Trinajstić information content (AvgIpc) is 2.59. The van der Waals surface area contributed by atoms with Crippen molar-refractivity contribution in [1.29, 1.82) is 0 Å². The summed E-state index contributed by atoms with van der Waals surface area (Å²) in [5.74, 6) is 0.217. The Labute approximate surface area is 153 Å². The van der Waals surface area contributed by atoms with Crippen molar-refractivity contribution in [2.75, 3.05) is 5.32 Å². The number of aromatic nitrogens is 2. The lowest BCUT2D eigenvalue weighted by molar-refractivity contribution is 0.0922. The Morgan fingerprint density at radius 2 is 1.96 bits per heavy atom. The fraction of sp³-hybridized carbons (Fsp3) is 0.421. The van der Waals surface area contributed by atoms with Gasteiger partial charge in [0.05, 0.1) is 10.7 Å². The molecule has 0 aliphatic heterocycles. The number of carbonyl (C=O) groups excluding carboxylic acids is 1. The lowest BCUT2D eigenvalue weighted by Gasteiger charge is -2.22. The minimum atomic E-state index is -0.149. The molecule has 1 aliphatic carbocycles. The molecule has 1 saturated carbocycles. The van der Waals surface area contributed by atoms with Crippen molar-refractivity contribution in [3.05, 3.63) is 46.2 Å². The van der Waals surface area contributed by atoms with E-state index in [0.717, 1.165) is 29.7 Å². The minimum absolute atomic E-state index is 0.149. The molecule has 0 saturated heterocycles. The van der Waals surface area contributed by atoms with Gasteiger partial charge in [-0.3, -0.25) is 4.79 Å². The van der Waals surface area contributed by atoms with Crippen LogP contribution in [0, 0.1) is 13.8 Å². The SMILES string of the molecule is Cc1cc(C)c(Nc2nccc(C(=O)NC3CCCCC3)n2)c(Cl)c1. The number of halogens is 1. The van der Waals surface area contributed by atoms with Crippen LogP contribution in [0.25, 0.3) is 0 Å². The molecule has 3 rings (SSSR count). The summed E-state index contributed by atoms with van der Waals surface area (Å²) in [6.07, 6.45) is 7.27. The van der Waals surface area contributed by atoms with Gasteiger partial charge in [-0.1, -0.05) is 36.9 Å². The normalized spacial score (nSPS) is 15.0. The number of aryl methyl sites for hydroxylation is 2. The maximum Gasteiger partial charge on any atom is 0.270 e. The summed E-state index contributed by atoms with van der Waals surface area (Å²) in [4.78, 5) is 21.0. The molecule has 1 aliphatic rings. The standard InChI is InChI=1S/C19H23ClN4O/c1-12-10-13(2)17(15(20)11-12)24-19-21-9-8-16(23-19)18(25)22-14-6-4-3-5-7-14/h8-11,14H,3-7H2,1-2H3,(H,22,25)(H,21,23,24). The lowest BCUT2D eigenvalue weighted by atomic mass is 9.95. The van der Waals surface area contributed by atoms with Crippen LogP contribution in [-0.4, -0.2) is 21.9 Å². The van der Waals surface area contributed by atoms with E-state index in [4.69, 9.17) is 11.6 Å². The van der Waals surface area contributed by atoms with Crippen LogP contribution >= 0.6 is 11.6 Å². The number of hydrogen-bond acceptors (Lipinski definition) is 4. The Hall–Kier alpha value is -2.14. The first-order valence-corrected chi connectivity index (χ1v) is 9.08. The van der Waals surface area contributed by atoms with Crippen LogP contribution in [0.15, 0.2) is 24.4 Å². The van der Waals surface area contributed by atoms with E-state index in [1.807, 2.05) is 26.0 Å². The predicted molar refractivity (Wildman–Crippen MR) is 101 cm³/mol. The molecule has 0 radical (unpaired) electrons. The zero-order chi connectivity index (χ0) is 17.8. The summed E-state index contributed by atoms with van der Waals surface area (Å²) in [6.45, 7) is 3.97. The smallest absolute Gasteiger partial charge is 0.270 e. The number of hydrogen-bond donors (Lipinski definition) is 2. The highest BCUT2D eigenvalue weighted by atomic mass is 35.5. The van der Waals surface area contributed by atoms with Crippen molar-refractivity contribution in [3.63, 3.8) is 0 Å². The Kier molecular flexibility index (Phi) is 5.53. The average molecular weight is 359 g/mol. The molecule has 1 fully saturated rings. The summed E-state index contributed by atoms with van der Waals surface area (Å²) in [7, 11) is 0. The molecule has 25 heavy (non-hydrogen) atoms. The minimum Gasteiger partial charge on any atom is -0.348 e. The van der Waals surface area contributed by atoms with Crippen molar-refractivity contribution >= 4 is 29.1 Å². The van der Waals surface area contributed by atoms with E-state index < -0.39 is 0 Å². The molecule has 1 aromatic carbocycles. The van der Waals surface area contributed by atoms with Gasteiger partial charge in [-0.05, 0) is 49.9 Å². The third-order valence-corrected chi connectivity index (χ3v) is 4.80. The third-order valence-electron chi connectivity index (χ3n) is 4.50. The number of amides is 1. The molecule has 132 valence electrons. The van der Waals surface area contributed by atoms with E-state index in [1.54, 1.807) is 12.3 Å². The highest BCUT2D eigenvalue weighted by Gasteiger charge is 2.18. The first kappa shape index (κ1) is 17.7. The van der Waals surface area contributed by atoms with E-state index in [9.17, 15) is 4.79 Å². The lowest BCUT2D eigenvalue weighted by Crippen LogP contribution is -2.36. The third kappa shape index (κ3) is 4.48. The molecule has 2 N–H and O–H groups in total. The van der Waals surface area contributed by atoms with Gasteiger partial charge in [0.1, 0.15) is 5.69 Å². The molecule has 5 nitrogen and oxygen atoms in total. The zero-order valence-electron chi connectivity index (χ0n) is 14.6. The molecular formula is C19H23ClN4O. The molecule has 1 heterocycles. The van der Waals surface area contributed by atoms with E-state index >= 15 is 0 Å². The van der Waals surface area contributed by atoms with Crippen LogP contribution < -0.4 is 10.6 Å². The molecule has 6 heteroatoms. The molecule has 0 spiro atoms. The quantitative estimate of drug-likeness (QED) is 0.841. The van der Waals surface area contributed by atoms with E-state index in [-0.39, 0.29) is 11.9 Å².